The predicted octanol–water partition coefficient (Wildman–Crippen LogP) is 3.43. The summed E-state index contributed by atoms with van der Waals surface area (Å²) in [5, 5.41) is 0. The van der Waals surface area contributed by atoms with Crippen molar-refractivity contribution < 1.29 is 4.79 Å². The SMILES string of the molecule is CC.CC1CCC(=O)CC1(C)C. The molecule has 12 heavy (non-hydrogen) atoms. The molecule has 1 atom stereocenters. The molecule has 1 rings (SSSR count). The zero-order valence-electron chi connectivity index (χ0n) is 9.11. The largest absolute Gasteiger partial charge is 0.300 e. The van der Waals surface area contributed by atoms with Gasteiger partial charge in [-0.25, -0.2) is 0 Å². The highest BCUT2D eigenvalue weighted by Gasteiger charge is 2.32. The van der Waals surface area contributed by atoms with Gasteiger partial charge in [0.05, 0.1) is 0 Å². The van der Waals surface area contributed by atoms with Crippen molar-refractivity contribution >= 4 is 5.78 Å². The Morgan fingerprint density at radius 2 is 1.83 bits per heavy atom. The van der Waals surface area contributed by atoms with E-state index in [-0.39, 0.29) is 5.41 Å². The maximum Gasteiger partial charge on any atom is 0.133 e. The average Bonchev–Trinajstić information content (AvgIpc) is 2.01. The molecule has 0 aromatic rings. The molecule has 0 bridgehead atoms. The summed E-state index contributed by atoms with van der Waals surface area (Å²) in [4.78, 5) is 11.0. The van der Waals surface area contributed by atoms with Gasteiger partial charge in [0.25, 0.3) is 0 Å². The molecule has 1 aliphatic carbocycles. The standard InChI is InChI=1S/C9H16O.C2H6/c1-7-4-5-8(10)6-9(7,2)3;1-2/h7H,4-6H2,1-3H3;1-2H3. The van der Waals surface area contributed by atoms with Crippen LogP contribution in [0.25, 0.3) is 0 Å². The van der Waals surface area contributed by atoms with Crippen LogP contribution in [-0.2, 0) is 4.79 Å². The molecule has 0 heterocycles. The second-order valence-electron chi connectivity index (χ2n) is 4.14. The molecule has 0 spiro atoms. The molecule has 0 saturated heterocycles. The minimum Gasteiger partial charge on any atom is -0.300 e. The van der Waals surface area contributed by atoms with Crippen LogP contribution < -0.4 is 0 Å². The van der Waals surface area contributed by atoms with E-state index in [1.165, 1.54) is 0 Å². The van der Waals surface area contributed by atoms with E-state index in [0.29, 0.717) is 11.7 Å². The Kier molecular flexibility index (Phi) is 4.51. The van der Waals surface area contributed by atoms with E-state index < -0.39 is 0 Å². The molecule has 1 aliphatic rings. The van der Waals surface area contributed by atoms with Crippen molar-refractivity contribution in [3.63, 3.8) is 0 Å². The van der Waals surface area contributed by atoms with Crippen molar-refractivity contribution in [1.82, 2.24) is 0 Å². The number of carbonyl (C=O) groups is 1. The van der Waals surface area contributed by atoms with Crippen molar-refractivity contribution in [2.24, 2.45) is 11.3 Å². The molecule has 1 unspecified atom stereocenters. The summed E-state index contributed by atoms with van der Waals surface area (Å²) in [6.07, 6.45) is 2.69. The third-order valence-electron chi connectivity index (χ3n) is 2.84. The maximum atomic E-state index is 11.0. The Labute approximate surface area is 76.6 Å². The number of carbonyl (C=O) groups excluding carboxylic acids is 1. The topological polar surface area (TPSA) is 17.1 Å². The number of ketones is 1. The van der Waals surface area contributed by atoms with Gasteiger partial charge in [0, 0.05) is 12.8 Å². The first-order chi connectivity index (χ1) is 5.52. The fourth-order valence-electron chi connectivity index (χ4n) is 1.54. The summed E-state index contributed by atoms with van der Waals surface area (Å²) >= 11 is 0. The van der Waals surface area contributed by atoms with E-state index in [9.17, 15) is 4.79 Å². The van der Waals surface area contributed by atoms with E-state index >= 15 is 0 Å². The van der Waals surface area contributed by atoms with Gasteiger partial charge in [-0.3, -0.25) is 4.79 Å². The van der Waals surface area contributed by atoms with E-state index in [1.807, 2.05) is 13.8 Å². The molecule has 72 valence electrons. The highest BCUT2D eigenvalue weighted by Crippen LogP contribution is 2.38. The summed E-state index contributed by atoms with van der Waals surface area (Å²) in [6, 6.07) is 0. The Hall–Kier alpha value is -0.330. The zero-order chi connectivity index (χ0) is 9.78. The molecule has 1 fully saturated rings. The van der Waals surface area contributed by atoms with Crippen molar-refractivity contribution in [2.45, 2.75) is 53.9 Å². The Balaban J connectivity index is 0.000000561. The summed E-state index contributed by atoms with van der Waals surface area (Å²) in [5.41, 5.74) is 0.259. The maximum absolute atomic E-state index is 11.0. The van der Waals surface area contributed by atoms with Gasteiger partial charge < -0.3 is 0 Å². The van der Waals surface area contributed by atoms with Crippen LogP contribution >= 0.6 is 0 Å². The molecule has 1 heteroatoms. The van der Waals surface area contributed by atoms with E-state index in [2.05, 4.69) is 20.8 Å². The summed E-state index contributed by atoms with van der Waals surface area (Å²) in [5.74, 6) is 1.16. The molecule has 0 aromatic carbocycles. The van der Waals surface area contributed by atoms with Crippen LogP contribution in [-0.4, -0.2) is 5.78 Å². The lowest BCUT2D eigenvalue weighted by atomic mass is 9.69. The van der Waals surface area contributed by atoms with Crippen molar-refractivity contribution in [1.29, 1.82) is 0 Å². The molecule has 1 nitrogen and oxygen atoms in total. The highest BCUT2D eigenvalue weighted by molar-refractivity contribution is 5.79. The number of hydrogen-bond donors (Lipinski definition) is 0. The summed E-state index contributed by atoms with van der Waals surface area (Å²) < 4.78 is 0. The quantitative estimate of drug-likeness (QED) is 0.544. The number of hydrogen-bond acceptors (Lipinski definition) is 1. The fraction of sp³-hybridized carbons (Fsp3) is 0.909. The molecular formula is C11H22O. The Bertz CT molecular complexity index is 147. The van der Waals surface area contributed by atoms with Crippen LogP contribution in [0.4, 0.5) is 0 Å². The molecule has 1 saturated carbocycles. The Morgan fingerprint density at radius 1 is 1.33 bits per heavy atom. The van der Waals surface area contributed by atoms with Gasteiger partial charge in [-0.05, 0) is 17.8 Å². The normalized spacial score (nSPS) is 27.4. The van der Waals surface area contributed by atoms with Crippen LogP contribution in [0.2, 0.25) is 0 Å². The fourth-order valence-corrected chi connectivity index (χ4v) is 1.54. The van der Waals surface area contributed by atoms with Crippen LogP contribution in [0.1, 0.15) is 53.9 Å². The van der Waals surface area contributed by atoms with E-state index in [4.69, 9.17) is 0 Å². The first-order valence-corrected chi connectivity index (χ1v) is 5.04. The number of Topliss-reactive ketones (excluding diaryl/α,β-unsaturated/α-hetero) is 1. The molecular weight excluding hydrogens is 148 g/mol. The van der Waals surface area contributed by atoms with Gasteiger partial charge >= 0.3 is 0 Å². The smallest absolute Gasteiger partial charge is 0.133 e. The minimum absolute atomic E-state index is 0.259. The van der Waals surface area contributed by atoms with Gasteiger partial charge in [0.1, 0.15) is 5.78 Å². The molecule has 0 aromatic heterocycles. The van der Waals surface area contributed by atoms with Gasteiger partial charge in [-0.1, -0.05) is 34.6 Å². The van der Waals surface area contributed by atoms with Crippen molar-refractivity contribution in [3.8, 4) is 0 Å². The third-order valence-corrected chi connectivity index (χ3v) is 2.84. The van der Waals surface area contributed by atoms with Crippen LogP contribution in [0.15, 0.2) is 0 Å². The average molecular weight is 170 g/mol. The van der Waals surface area contributed by atoms with Crippen LogP contribution in [0.5, 0.6) is 0 Å². The molecule has 0 radical (unpaired) electrons. The number of rotatable bonds is 0. The highest BCUT2D eigenvalue weighted by atomic mass is 16.1. The van der Waals surface area contributed by atoms with Gasteiger partial charge in [-0.15, -0.1) is 0 Å². The second kappa shape index (κ2) is 4.64. The molecule has 0 N–H and O–H groups in total. The van der Waals surface area contributed by atoms with Crippen molar-refractivity contribution in [2.75, 3.05) is 0 Å². The van der Waals surface area contributed by atoms with Gasteiger partial charge in [0.2, 0.25) is 0 Å². The zero-order valence-corrected chi connectivity index (χ0v) is 9.11. The summed E-state index contributed by atoms with van der Waals surface area (Å²) in [6.45, 7) is 10.6. The van der Waals surface area contributed by atoms with Crippen molar-refractivity contribution in [3.05, 3.63) is 0 Å². The molecule has 0 amide bonds. The third kappa shape index (κ3) is 2.96. The van der Waals surface area contributed by atoms with Crippen LogP contribution in [0, 0.1) is 11.3 Å². The minimum atomic E-state index is 0.259. The van der Waals surface area contributed by atoms with Crippen LogP contribution in [0.3, 0.4) is 0 Å². The van der Waals surface area contributed by atoms with Gasteiger partial charge in [-0.2, -0.15) is 0 Å². The lowest BCUT2D eigenvalue weighted by Gasteiger charge is -2.35. The second-order valence-corrected chi connectivity index (χ2v) is 4.14. The first-order valence-electron chi connectivity index (χ1n) is 5.04. The predicted molar refractivity (Wildman–Crippen MR) is 53.2 cm³/mol. The lowest BCUT2D eigenvalue weighted by molar-refractivity contribution is -0.124. The summed E-state index contributed by atoms with van der Waals surface area (Å²) in [7, 11) is 0. The molecule has 0 aliphatic heterocycles. The van der Waals surface area contributed by atoms with Gasteiger partial charge in [0.15, 0.2) is 0 Å². The monoisotopic (exact) mass is 170 g/mol. The lowest BCUT2D eigenvalue weighted by Crippen LogP contribution is -2.30. The van der Waals surface area contributed by atoms with E-state index in [0.717, 1.165) is 19.3 Å². The first kappa shape index (κ1) is 11.7. The van der Waals surface area contributed by atoms with E-state index in [1.54, 1.807) is 0 Å². The Morgan fingerprint density at radius 3 is 2.17 bits per heavy atom.